The van der Waals surface area contributed by atoms with Crippen molar-refractivity contribution in [3.63, 3.8) is 0 Å². The third-order valence-electron chi connectivity index (χ3n) is 3.71. The quantitative estimate of drug-likeness (QED) is 0.631. The number of aryl methyl sites for hydroxylation is 1. The number of hydrogen-bond acceptors (Lipinski definition) is 4. The van der Waals surface area contributed by atoms with Gasteiger partial charge in [0.25, 0.3) is 5.91 Å². The molecule has 1 heterocycles. The van der Waals surface area contributed by atoms with E-state index in [0.29, 0.717) is 12.1 Å². The first-order valence-corrected chi connectivity index (χ1v) is 9.37. The van der Waals surface area contributed by atoms with Crippen LogP contribution in [-0.2, 0) is 6.42 Å². The van der Waals surface area contributed by atoms with Crippen molar-refractivity contribution in [3.05, 3.63) is 74.1 Å². The Morgan fingerprint density at radius 2 is 2.00 bits per heavy atom. The fourth-order valence-electron chi connectivity index (χ4n) is 2.33. The average Bonchev–Trinajstić information content (AvgIpc) is 3.07. The van der Waals surface area contributed by atoms with E-state index in [0.717, 1.165) is 32.0 Å². The smallest absolute Gasteiger partial charge is 0.275 e. The number of carbonyl (C=O) groups excluding carboxylic acids is 1. The Balaban J connectivity index is 1.67. The molecule has 6 heteroatoms. The largest absolute Gasteiger partial charge is 0.497 e. The Kier molecular flexibility index (Phi) is 5.50. The molecular weight excluding hydrogens is 400 g/mol. The molecular formula is C19H17BrN2O2S. The molecule has 0 saturated carbocycles. The van der Waals surface area contributed by atoms with Crippen LogP contribution in [0.4, 0.5) is 5.69 Å². The number of methoxy groups -OCH3 is 1. The minimum absolute atomic E-state index is 0.195. The zero-order valence-electron chi connectivity index (χ0n) is 13.9. The summed E-state index contributed by atoms with van der Waals surface area (Å²) >= 11 is 4.94. The Bertz CT molecular complexity index is 891. The van der Waals surface area contributed by atoms with Crippen LogP contribution in [0.1, 0.15) is 26.6 Å². The maximum atomic E-state index is 12.4. The van der Waals surface area contributed by atoms with E-state index in [1.807, 2.05) is 49.4 Å². The van der Waals surface area contributed by atoms with Crippen LogP contribution < -0.4 is 10.1 Å². The van der Waals surface area contributed by atoms with Gasteiger partial charge in [-0.1, -0.05) is 28.1 Å². The third kappa shape index (κ3) is 4.46. The third-order valence-corrected chi connectivity index (χ3v) is 5.45. The molecule has 0 aliphatic carbocycles. The fourth-order valence-corrected chi connectivity index (χ4v) is 3.39. The highest BCUT2D eigenvalue weighted by Crippen LogP contribution is 2.21. The second kappa shape index (κ2) is 7.80. The maximum Gasteiger partial charge on any atom is 0.275 e. The van der Waals surface area contributed by atoms with Crippen molar-refractivity contribution >= 4 is 38.9 Å². The van der Waals surface area contributed by atoms with Gasteiger partial charge >= 0.3 is 0 Å². The van der Waals surface area contributed by atoms with E-state index in [1.54, 1.807) is 12.5 Å². The molecule has 0 unspecified atom stereocenters. The molecule has 25 heavy (non-hydrogen) atoms. The molecule has 0 radical (unpaired) electrons. The first-order chi connectivity index (χ1) is 12.0. The zero-order valence-corrected chi connectivity index (χ0v) is 16.3. The number of ether oxygens (including phenoxy) is 1. The van der Waals surface area contributed by atoms with E-state index in [9.17, 15) is 4.79 Å². The summed E-state index contributed by atoms with van der Waals surface area (Å²) in [7, 11) is 1.65. The van der Waals surface area contributed by atoms with Crippen LogP contribution in [0.5, 0.6) is 5.75 Å². The number of hydrogen-bond donors (Lipinski definition) is 1. The molecule has 0 bridgehead atoms. The maximum absolute atomic E-state index is 12.4. The predicted octanol–water partition coefficient (Wildman–Crippen LogP) is 5.07. The van der Waals surface area contributed by atoms with Gasteiger partial charge in [0.05, 0.1) is 12.1 Å². The summed E-state index contributed by atoms with van der Waals surface area (Å²) in [4.78, 5) is 16.8. The number of aromatic nitrogens is 1. The van der Waals surface area contributed by atoms with Gasteiger partial charge < -0.3 is 10.1 Å². The van der Waals surface area contributed by atoms with E-state index < -0.39 is 0 Å². The Labute approximate surface area is 159 Å². The van der Waals surface area contributed by atoms with Gasteiger partial charge in [-0.2, -0.15) is 0 Å². The van der Waals surface area contributed by atoms with Crippen LogP contribution >= 0.6 is 27.3 Å². The van der Waals surface area contributed by atoms with E-state index >= 15 is 0 Å². The summed E-state index contributed by atoms with van der Waals surface area (Å²) in [6, 6.07) is 13.6. The van der Waals surface area contributed by atoms with Crippen LogP contribution in [0.2, 0.25) is 0 Å². The van der Waals surface area contributed by atoms with Crippen molar-refractivity contribution in [2.24, 2.45) is 0 Å². The van der Waals surface area contributed by atoms with E-state index in [1.165, 1.54) is 11.3 Å². The van der Waals surface area contributed by atoms with Gasteiger partial charge in [-0.15, -0.1) is 11.3 Å². The lowest BCUT2D eigenvalue weighted by atomic mass is 10.1. The van der Waals surface area contributed by atoms with Gasteiger partial charge in [0.15, 0.2) is 0 Å². The van der Waals surface area contributed by atoms with Crippen LogP contribution in [-0.4, -0.2) is 18.0 Å². The number of thiazole rings is 1. The van der Waals surface area contributed by atoms with Crippen molar-refractivity contribution in [1.82, 2.24) is 4.98 Å². The van der Waals surface area contributed by atoms with Crippen LogP contribution in [0.3, 0.4) is 0 Å². The van der Waals surface area contributed by atoms with Gasteiger partial charge in [-0.3, -0.25) is 4.79 Å². The molecule has 0 fully saturated rings. The number of anilines is 1. The second-order valence-electron chi connectivity index (χ2n) is 5.57. The van der Waals surface area contributed by atoms with Gasteiger partial charge in [-0.05, 0) is 48.4 Å². The molecule has 0 saturated heterocycles. The van der Waals surface area contributed by atoms with Gasteiger partial charge in [0, 0.05) is 22.0 Å². The van der Waals surface area contributed by atoms with Gasteiger partial charge in [0.1, 0.15) is 11.4 Å². The fraction of sp³-hybridized carbons (Fsp3) is 0.158. The lowest BCUT2D eigenvalue weighted by molar-refractivity contribution is 0.102. The van der Waals surface area contributed by atoms with Gasteiger partial charge in [-0.25, -0.2) is 4.98 Å². The van der Waals surface area contributed by atoms with E-state index in [-0.39, 0.29) is 5.91 Å². The normalized spacial score (nSPS) is 10.5. The Morgan fingerprint density at radius 3 is 2.68 bits per heavy atom. The highest BCUT2D eigenvalue weighted by atomic mass is 79.9. The summed E-state index contributed by atoms with van der Waals surface area (Å²) in [5, 5.41) is 5.58. The average molecular weight is 417 g/mol. The van der Waals surface area contributed by atoms with Crippen molar-refractivity contribution in [1.29, 1.82) is 0 Å². The number of rotatable bonds is 5. The van der Waals surface area contributed by atoms with Crippen molar-refractivity contribution in [3.8, 4) is 5.75 Å². The lowest BCUT2D eigenvalue weighted by Gasteiger charge is -2.05. The zero-order chi connectivity index (χ0) is 17.8. The van der Waals surface area contributed by atoms with Gasteiger partial charge in [0.2, 0.25) is 0 Å². The summed E-state index contributed by atoms with van der Waals surface area (Å²) in [6.07, 6.45) is 0.694. The highest BCUT2D eigenvalue weighted by Gasteiger charge is 2.12. The Hall–Kier alpha value is -2.18. The monoisotopic (exact) mass is 416 g/mol. The predicted molar refractivity (Wildman–Crippen MR) is 105 cm³/mol. The minimum Gasteiger partial charge on any atom is -0.497 e. The van der Waals surface area contributed by atoms with Crippen molar-refractivity contribution < 1.29 is 9.53 Å². The molecule has 0 spiro atoms. The SMILES string of the molecule is COc1ccc(Cc2nc(C(=O)Nc3ccc(Br)c(C)c3)cs2)cc1. The molecule has 0 aliphatic heterocycles. The van der Waals surface area contributed by atoms with Crippen LogP contribution in [0.15, 0.2) is 52.3 Å². The molecule has 4 nitrogen and oxygen atoms in total. The molecule has 2 aromatic carbocycles. The summed E-state index contributed by atoms with van der Waals surface area (Å²) in [5.41, 5.74) is 3.39. The first-order valence-electron chi connectivity index (χ1n) is 7.70. The molecule has 1 amide bonds. The standard InChI is InChI=1S/C19H17BrN2O2S/c1-12-9-14(5-8-16(12)20)21-19(23)17-11-25-18(22-17)10-13-3-6-15(24-2)7-4-13/h3-9,11H,10H2,1-2H3,(H,21,23). The summed E-state index contributed by atoms with van der Waals surface area (Å²) < 4.78 is 6.17. The summed E-state index contributed by atoms with van der Waals surface area (Å²) in [5.74, 6) is 0.631. The molecule has 0 atom stereocenters. The molecule has 1 N–H and O–H groups in total. The van der Waals surface area contributed by atoms with Crippen LogP contribution in [0.25, 0.3) is 0 Å². The summed E-state index contributed by atoms with van der Waals surface area (Å²) in [6.45, 7) is 1.98. The molecule has 1 aromatic heterocycles. The molecule has 3 aromatic rings. The van der Waals surface area contributed by atoms with E-state index in [4.69, 9.17) is 4.74 Å². The number of nitrogens with zero attached hydrogens (tertiary/aromatic N) is 1. The minimum atomic E-state index is -0.195. The highest BCUT2D eigenvalue weighted by molar-refractivity contribution is 9.10. The number of amides is 1. The van der Waals surface area contributed by atoms with Crippen molar-refractivity contribution in [2.45, 2.75) is 13.3 Å². The first kappa shape index (κ1) is 17.6. The molecule has 0 aliphatic rings. The van der Waals surface area contributed by atoms with E-state index in [2.05, 4.69) is 26.2 Å². The van der Waals surface area contributed by atoms with Crippen LogP contribution in [0, 0.1) is 6.92 Å². The second-order valence-corrected chi connectivity index (χ2v) is 7.37. The number of nitrogens with one attached hydrogen (secondary N) is 1. The topological polar surface area (TPSA) is 51.2 Å². The number of carbonyl (C=O) groups is 1. The molecule has 3 rings (SSSR count). The van der Waals surface area contributed by atoms with Crippen molar-refractivity contribution in [2.75, 3.05) is 12.4 Å². The number of benzene rings is 2. The Morgan fingerprint density at radius 1 is 1.24 bits per heavy atom. The number of halogens is 1. The molecule has 128 valence electrons. The lowest BCUT2D eigenvalue weighted by Crippen LogP contribution is -2.12.